The van der Waals surface area contributed by atoms with Gasteiger partial charge in [0.2, 0.25) is 0 Å². The molecule has 0 radical (unpaired) electrons. The molecule has 1 aliphatic heterocycles. The largest absolute Gasteiger partial charge is 0.329 e. The highest BCUT2D eigenvalue weighted by molar-refractivity contribution is 7.12. The first-order valence-corrected chi connectivity index (χ1v) is 8.88. The molecule has 1 fully saturated rings. The van der Waals surface area contributed by atoms with Crippen molar-refractivity contribution in [3.8, 4) is 0 Å². The topological polar surface area (TPSA) is 29.3 Å². The predicted molar refractivity (Wildman–Crippen MR) is 89.5 cm³/mol. The van der Waals surface area contributed by atoms with Crippen LogP contribution in [0.2, 0.25) is 0 Å². The average molecular weight is 295 g/mol. The Morgan fingerprint density at radius 2 is 1.70 bits per heavy atom. The summed E-state index contributed by atoms with van der Waals surface area (Å²) in [6, 6.07) is 5.03. The smallest absolute Gasteiger partial charge is 0.0564 e. The Balaban J connectivity index is 2.11. The number of nitrogens with two attached hydrogens (primary N) is 1. The SMILES string of the molecule is CC(C)(C)c1ccc(C(CN)N2CCCCCCC2)s1. The van der Waals surface area contributed by atoms with Crippen molar-refractivity contribution in [3.63, 3.8) is 0 Å². The van der Waals surface area contributed by atoms with Crippen LogP contribution in [0.4, 0.5) is 0 Å². The maximum absolute atomic E-state index is 6.11. The molecule has 20 heavy (non-hydrogen) atoms. The first-order chi connectivity index (χ1) is 9.52. The molecule has 2 rings (SSSR count). The van der Waals surface area contributed by atoms with Gasteiger partial charge in [0.25, 0.3) is 0 Å². The van der Waals surface area contributed by atoms with E-state index < -0.39 is 0 Å². The van der Waals surface area contributed by atoms with Crippen molar-refractivity contribution in [3.05, 3.63) is 21.9 Å². The molecule has 2 heterocycles. The van der Waals surface area contributed by atoms with Crippen molar-refractivity contribution in [1.29, 1.82) is 0 Å². The summed E-state index contributed by atoms with van der Waals surface area (Å²) >= 11 is 1.96. The first kappa shape index (κ1) is 16.0. The molecule has 1 aromatic heterocycles. The minimum Gasteiger partial charge on any atom is -0.329 e. The Morgan fingerprint density at radius 1 is 1.10 bits per heavy atom. The third-order valence-corrected chi connectivity index (χ3v) is 5.86. The van der Waals surface area contributed by atoms with Gasteiger partial charge in [0.15, 0.2) is 0 Å². The van der Waals surface area contributed by atoms with Crippen molar-refractivity contribution >= 4 is 11.3 Å². The first-order valence-electron chi connectivity index (χ1n) is 8.06. The number of rotatable bonds is 3. The van der Waals surface area contributed by atoms with Gasteiger partial charge in [-0.2, -0.15) is 0 Å². The number of nitrogens with zero attached hydrogens (tertiary/aromatic N) is 1. The van der Waals surface area contributed by atoms with Crippen LogP contribution in [-0.4, -0.2) is 24.5 Å². The molecular weight excluding hydrogens is 264 g/mol. The minimum absolute atomic E-state index is 0.248. The Kier molecular flexibility index (Phi) is 5.65. The van der Waals surface area contributed by atoms with Gasteiger partial charge in [0, 0.05) is 16.3 Å². The monoisotopic (exact) mass is 294 g/mol. The van der Waals surface area contributed by atoms with E-state index >= 15 is 0 Å². The normalized spacial score (nSPS) is 20.4. The summed E-state index contributed by atoms with van der Waals surface area (Å²) < 4.78 is 0. The van der Waals surface area contributed by atoms with Gasteiger partial charge in [-0.3, -0.25) is 4.90 Å². The molecule has 1 unspecified atom stereocenters. The lowest BCUT2D eigenvalue weighted by Crippen LogP contribution is -2.35. The van der Waals surface area contributed by atoms with Crippen LogP contribution in [-0.2, 0) is 5.41 Å². The van der Waals surface area contributed by atoms with Crippen LogP contribution < -0.4 is 5.73 Å². The molecule has 0 spiro atoms. The fourth-order valence-corrected chi connectivity index (χ4v) is 4.18. The van der Waals surface area contributed by atoms with E-state index in [2.05, 4.69) is 37.8 Å². The van der Waals surface area contributed by atoms with Crippen molar-refractivity contribution in [1.82, 2.24) is 4.90 Å². The summed E-state index contributed by atoms with van der Waals surface area (Å²) in [5.41, 5.74) is 6.36. The fraction of sp³-hybridized carbons (Fsp3) is 0.765. The molecular formula is C17H30N2S. The fourth-order valence-electron chi connectivity index (χ4n) is 2.96. The van der Waals surface area contributed by atoms with Gasteiger partial charge in [0.05, 0.1) is 6.04 Å². The van der Waals surface area contributed by atoms with Crippen molar-refractivity contribution in [2.45, 2.75) is 64.3 Å². The molecule has 2 nitrogen and oxygen atoms in total. The molecule has 114 valence electrons. The summed E-state index contributed by atoms with van der Waals surface area (Å²) in [6.07, 6.45) is 6.83. The van der Waals surface area contributed by atoms with Crippen molar-refractivity contribution in [2.75, 3.05) is 19.6 Å². The Bertz CT molecular complexity index is 397. The van der Waals surface area contributed by atoms with E-state index in [9.17, 15) is 0 Å². The van der Waals surface area contributed by atoms with Crippen LogP contribution in [0.15, 0.2) is 12.1 Å². The molecule has 0 bridgehead atoms. The van der Waals surface area contributed by atoms with Crippen LogP contribution in [0.25, 0.3) is 0 Å². The van der Waals surface area contributed by atoms with Crippen LogP contribution >= 0.6 is 11.3 Å². The number of likely N-dealkylation sites (tertiary alicyclic amines) is 1. The Hall–Kier alpha value is -0.380. The molecule has 1 aromatic rings. The van der Waals surface area contributed by atoms with Gasteiger partial charge in [-0.15, -0.1) is 11.3 Å². The molecule has 0 aliphatic carbocycles. The van der Waals surface area contributed by atoms with Gasteiger partial charge < -0.3 is 5.73 Å². The second-order valence-electron chi connectivity index (χ2n) is 7.01. The highest BCUT2D eigenvalue weighted by Crippen LogP contribution is 2.34. The molecule has 1 saturated heterocycles. The zero-order chi connectivity index (χ0) is 14.6. The van der Waals surface area contributed by atoms with E-state index in [0.29, 0.717) is 6.04 Å². The van der Waals surface area contributed by atoms with Gasteiger partial charge in [-0.05, 0) is 43.5 Å². The lowest BCUT2D eigenvalue weighted by molar-refractivity contribution is 0.186. The third-order valence-electron chi connectivity index (χ3n) is 4.25. The van der Waals surface area contributed by atoms with Gasteiger partial charge in [-0.25, -0.2) is 0 Å². The van der Waals surface area contributed by atoms with E-state index in [4.69, 9.17) is 5.73 Å². The molecule has 3 heteroatoms. The number of thiophene rings is 1. The molecule has 1 aliphatic rings. The molecule has 0 amide bonds. The van der Waals surface area contributed by atoms with Crippen LogP contribution in [0.5, 0.6) is 0 Å². The number of hydrogen-bond acceptors (Lipinski definition) is 3. The van der Waals surface area contributed by atoms with Gasteiger partial charge >= 0.3 is 0 Å². The summed E-state index contributed by atoms with van der Waals surface area (Å²) in [7, 11) is 0. The lowest BCUT2D eigenvalue weighted by Gasteiger charge is -2.31. The Labute approximate surface area is 128 Å². The summed E-state index contributed by atoms with van der Waals surface area (Å²) in [5.74, 6) is 0. The zero-order valence-corrected chi connectivity index (χ0v) is 14.1. The van der Waals surface area contributed by atoms with E-state index in [-0.39, 0.29) is 5.41 Å². The molecule has 0 saturated carbocycles. The second kappa shape index (κ2) is 7.06. The number of hydrogen-bond donors (Lipinski definition) is 1. The van der Waals surface area contributed by atoms with E-state index in [1.807, 2.05) is 11.3 Å². The molecule has 2 N–H and O–H groups in total. The maximum atomic E-state index is 6.11. The van der Waals surface area contributed by atoms with E-state index in [1.165, 1.54) is 54.9 Å². The minimum atomic E-state index is 0.248. The third kappa shape index (κ3) is 4.06. The molecule has 0 aromatic carbocycles. The zero-order valence-electron chi connectivity index (χ0n) is 13.3. The highest BCUT2D eigenvalue weighted by atomic mass is 32.1. The van der Waals surface area contributed by atoms with Crippen LogP contribution in [0.3, 0.4) is 0 Å². The van der Waals surface area contributed by atoms with E-state index in [1.54, 1.807) is 0 Å². The average Bonchev–Trinajstić information content (AvgIpc) is 2.81. The standard InChI is InChI=1S/C17H30N2S/c1-17(2,3)16-10-9-15(20-16)14(13-18)19-11-7-5-4-6-8-12-19/h9-10,14H,4-8,11-13,18H2,1-3H3. The van der Waals surface area contributed by atoms with Crippen molar-refractivity contribution in [2.24, 2.45) is 5.73 Å². The second-order valence-corrected chi connectivity index (χ2v) is 8.12. The van der Waals surface area contributed by atoms with Crippen LogP contribution in [0, 0.1) is 0 Å². The summed E-state index contributed by atoms with van der Waals surface area (Å²) in [4.78, 5) is 5.55. The predicted octanol–water partition coefficient (Wildman–Crippen LogP) is 4.31. The quantitative estimate of drug-likeness (QED) is 0.900. The van der Waals surface area contributed by atoms with Gasteiger partial charge in [-0.1, -0.05) is 40.0 Å². The summed E-state index contributed by atoms with van der Waals surface area (Å²) in [5, 5.41) is 0. The van der Waals surface area contributed by atoms with Crippen molar-refractivity contribution < 1.29 is 0 Å². The van der Waals surface area contributed by atoms with Gasteiger partial charge in [0.1, 0.15) is 0 Å². The van der Waals surface area contributed by atoms with Crippen LogP contribution in [0.1, 0.15) is 68.7 Å². The lowest BCUT2D eigenvalue weighted by atomic mass is 9.95. The maximum Gasteiger partial charge on any atom is 0.0564 e. The summed E-state index contributed by atoms with van der Waals surface area (Å²) in [6.45, 7) is 10.0. The molecule has 1 atom stereocenters. The Morgan fingerprint density at radius 3 is 2.20 bits per heavy atom. The highest BCUT2D eigenvalue weighted by Gasteiger charge is 2.23. The van der Waals surface area contributed by atoms with E-state index in [0.717, 1.165) is 6.54 Å².